The SMILES string of the molecule is NC(=S)Nc1c(F)ccc(Cl)c1C(=O)O. The predicted octanol–water partition coefficient (Wildman–Crippen LogP) is 1.83. The third-order valence-electron chi connectivity index (χ3n) is 1.57. The van der Waals surface area contributed by atoms with Crippen molar-refractivity contribution < 1.29 is 14.3 Å². The molecule has 1 aromatic rings. The Hall–Kier alpha value is -1.40. The summed E-state index contributed by atoms with van der Waals surface area (Å²) in [4.78, 5) is 10.8. The molecule has 0 aliphatic carbocycles. The summed E-state index contributed by atoms with van der Waals surface area (Å²) in [6, 6.07) is 2.17. The molecule has 0 spiro atoms. The summed E-state index contributed by atoms with van der Waals surface area (Å²) in [7, 11) is 0. The number of halogens is 2. The summed E-state index contributed by atoms with van der Waals surface area (Å²) < 4.78 is 13.3. The second-order valence-corrected chi connectivity index (χ2v) is 3.42. The maximum atomic E-state index is 13.3. The third kappa shape index (κ3) is 2.54. The fraction of sp³-hybridized carbons (Fsp3) is 0. The quantitative estimate of drug-likeness (QED) is 0.697. The van der Waals surface area contributed by atoms with Crippen LogP contribution >= 0.6 is 23.8 Å². The van der Waals surface area contributed by atoms with Crippen molar-refractivity contribution in [2.24, 2.45) is 5.73 Å². The van der Waals surface area contributed by atoms with E-state index in [4.69, 9.17) is 22.4 Å². The summed E-state index contributed by atoms with van der Waals surface area (Å²) in [5.74, 6) is -2.15. The van der Waals surface area contributed by atoms with Crippen molar-refractivity contribution in [3.05, 3.63) is 28.5 Å². The summed E-state index contributed by atoms with van der Waals surface area (Å²) in [5.41, 5.74) is 4.40. The Labute approximate surface area is 94.8 Å². The van der Waals surface area contributed by atoms with Crippen LogP contribution in [0.25, 0.3) is 0 Å². The smallest absolute Gasteiger partial charge is 0.339 e. The monoisotopic (exact) mass is 248 g/mol. The average Bonchev–Trinajstić information content (AvgIpc) is 2.10. The zero-order valence-corrected chi connectivity index (χ0v) is 8.82. The predicted molar refractivity (Wildman–Crippen MR) is 58.8 cm³/mol. The fourth-order valence-corrected chi connectivity index (χ4v) is 1.35. The number of nitrogens with one attached hydrogen (secondary N) is 1. The van der Waals surface area contributed by atoms with Gasteiger partial charge in [0.25, 0.3) is 0 Å². The van der Waals surface area contributed by atoms with Gasteiger partial charge < -0.3 is 16.2 Å². The molecule has 0 amide bonds. The molecule has 1 rings (SSSR count). The van der Waals surface area contributed by atoms with Gasteiger partial charge >= 0.3 is 5.97 Å². The molecule has 0 aliphatic rings. The van der Waals surface area contributed by atoms with E-state index in [-0.39, 0.29) is 15.8 Å². The molecule has 15 heavy (non-hydrogen) atoms. The Kier molecular flexibility index (Phi) is 3.43. The number of nitrogens with two attached hydrogens (primary N) is 1. The molecule has 0 aromatic heterocycles. The van der Waals surface area contributed by atoms with Crippen LogP contribution in [0, 0.1) is 5.82 Å². The van der Waals surface area contributed by atoms with E-state index in [1.807, 2.05) is 0 Å². The zero-order chi connectivity index (χ0) is 11.6. The zero-order valence-electron chi connectivity index (χ0n) is 7.25. The molecule has 4 N–H and O–H groups in total. The largest absolute Gasteiger partial charge is 0.478 e. The summed E-state index contributed by atoms with van der Waals surface area (Å²) in [6.45, 7) is 0. The van der Waals surface area contributed by atoms with Gasteiger partial charge in [0.1, 0.15) is 11.4 Å². The second-order valence-electron chi connectivity index (χ2n) is 2.57. The first-order chi connectivity index (χ1) is 6.93. The Balaban J connectivity index is 3.38. The maximum Gasteiger partial charge on any atom is 0.339 e. The summed E-state index contributed by atoms with van der Waals surface area (Å²) in [5, 5.41) is 10.7. The Morgan fingerprint density at radius 2 is 2.20 bits per heavy atom. The molecule has 0 heterocycles. The number of carbonyl (C=O) groups is 1. The van der Waals surface area contributed by atoms with Crippen molar-refractivity contribution in [1.82, 2.24) is 0 Å². The lowest BCUT2D eigenvalue weighted by Gasteiger charge is -2.10. The molecule has 1 aromatic carbocycles. The number of thiocarbonyl (C=S) groups is 1. The lowest BCUT2D eigenvalue weighted by Crippen LogP contribution is -2.21. The van der Waals surface area contributed by atoms with Gasteiger partial charge in [0.05, 0.1) is 10.7 Å². The van der Waals surface area contributed by atoms with E-state index in [0.29, 0.717) is 0 Å². The van der Waals surface area contributed by atoms with Crippen LogP contribution in [0.1, 0.15) is 10.4 Å². The van der Waals surface area contributed by atoms with Crippen molar-refractivity contribution >= 4 is 40.6 Å². The molecule has 80 valence electrons. The van der Waals surface area contributed by atoms with E-state index in [2.05, 4.69) is 17.5 Å². The van der Waals surface area contributed by atoms with Crippen molar-refractivity contribution in [2.45, 2.75) is 0 Å². The van der Waals surface area contributed by atoms with E-state index in [1.54, 1.807) is 0 Å². The number of anilines is 1. The van der Waals surface area contributed by atoms with E-state index in [0.717, 1.165) is 12.1 Å². The molecule has 0 radical (unpaired) electrons. The van der Waals surface area contributed by atoms with Crippen LogP contribution in [0.4, 0.5) is 10.1 Å². The van der Waals surface area contributed by atoms with Gasteiger partial charge in [-0.05, 0) is 24.4 Å². The molecule has 7 heteroatoms. The molecule has 0 fully saturated rings. The standard InChI is InChI=1S/C8H6ClFN2O2S/c9-3-1-2-4(10)6(12-8(11)15)5(3)7(13)14/h1-2H,(H,13,14)(H3,11,12,15). The third-order valence-corrected chi connectivity index (χ3v) is 1.98. The average molecular weight is 249 g/mol. The molecule has 0 bridgehead atoms. The normalized spacial score (nSPS) is 9.73. The summed E-state index contributed by atoms with van der Waals surface area (Å²) >= 11 is 10.1. The number of hydrogen-bond donors (Lipinski definition) is 3. The van der Waals surface area contributed by atoms with Crippen LogP contribution in [0.3, 0.4) is 0 Å². The van der Waals surface area contributed by atoms with Crippen LogP contribution in [0.5, 0.6) is 0 Å². The summed E-state index contributed by atoms with van der Waals surface area (Å²) in [6.07, 6.45) is 0. The highest BCUT2D eigenvalue weighted by atomic mass is 35.5. The highest BCUT2D eigenvalue weighted by molar-refractivity contribution is 7.80. The van der Waals surface area contributed by atoms with E-state index >= 15 is 0 Å². The van der Waals surface area contributed by atoms with E-state index in [9.17, 15) is 9.18 Å². The molecular weight excluding hydrogens is 243 g/mol. The minimum atomic E-state index is -1.36. The van der Waals surface area contributed by atoms with Gasteiger partial charge in [-0.3, -0.25) is 0 Å². The maximum absolute atomic E-state index is 13.3. The van der Waals surface area contributed by atoms with Gasteiger partial charge in [-0.2, -0.15) is 0 Å². The van der Waals surface area contributed by atoms with Crippen LogP contribution < -0.4 is 11.1 Å². The molecule has 0 unspecified atom stereocenters. The van der Waals surface area contributed by atoms with Gasteiger partial charge in [0, 0.05) is 0 Å². The van der Waals surface area contributed by atoms with Crippen molar-refractivity contribution in [1.29, 1.82) is 0 Å². The molecule has 0 saturated heterocycles. The van der Waals surface area contributed by atoms with E-state index < -0.39 is 17.3 Å². The molecule has 0 aliphatic heterocycles. The number of aromatic carboxylic acids is 1. The second kappa shape index (κ2) is 4.41. The number of carboxylic acid groups (broad SMARTS) is 1. The first-order valence-corrected chi connectivity index (χ1v) is 4.50. The van der Waals surface area contributed by atoms with Gasteiger partial charge in [0.2, 0.25) is 0 Å². The number of rotatable bonds is 2. The number of benzene rings is 1. The van der Waals surface area contributed by atoms with Gasteiger partial charge in [0.15, 0.2) is 5.11 Å². The van der Waals surface area contributed by atoms with Crippen LogP contribution in [-0.4, -0.2) is 16.2 Å². The molecule has 4 nitrogen and oxygen atoms in total. The molecule has 0 atom stereocenters. The fourth-order valence-electron chi connectivity index (χ4n) is 1.01. The topological polar surface area (TPSA) is 75.3 Å². The van der Waals surface area contributed by atoms with E-state index in [1.165, 1.54) is 0 Å². The lowest BCUT2D eigenvalue weighted by molar-refractivity contribution is 0.0698. The Morgan fingerprint density at radius 3 is 2.67 bits per heavy atom. The van der Waals surface area contributed by atoms with Crippen LogP contribution in [0.2, 0.25) is 5.02 Å². The van der Waals surface area contributed by atoms with Gasteiger partial charge in [-0.25, -0.2) is 9.18 Å². The molecular formula is C8H6ClFN2O2S. The van der Waals surface area contributed by atoms with Gasteiger partial charge in [-0.15, -0.1) is 0 Å². The number of carboxylic acids is 1. The Bertz CT molecular complexity index is 439. The van der Waals surface area contributed by atoms with Crippen molar-refractivity contribution in [3.63, 3.8) is 0 Å². The first-order valence-electron chi connectivity index (χ1n) is 3.71. The molecule has 0 saturated carbocycles. The Morgan fingerprint density at radius 1 is 1.60 bits per heavy atom. The highest BCUT2D eigenvalue weighted by Crippen LogP contribution is 2.27. The van der Waals surface area contributed by atoms with Gasteiger partial charge in [-0.1, -0.05) is 11.6 Å². The highest BCUT2D eigenvalue weighted by Gasteiger charge is 2.18. The van der Waals surface area contributed by atoms with Crippen LogP contribution in [0.15, 0.2) is 12.1 Å². The lowest BCUT2D eigenvalue weighted by atomic mass is 10.1. The van der Waals surface area contributed by atoms with Crippen molar-refractivity contribution in [3.8, 4) is 0 Å². The minimum absolute atomic E-state index is 0.0948. The minimum Gasteiger partial charge on any atom is -0.478 e. The van der Waals surface area contributed by atoms with Crippen molar-refractivity contribution in [2.75, 3.05) is 5.32 Å². The number of hydrogen-bond acceptors (Lipinski definition) is 2. The van der Waals surface area contributed by atoms with Crippen LogP contribution in [-0.2, 0) is 0 Å². The first kappa shape index (κ1) is 11.7.